The molecule has 3 aromatic rings. The summed E-state index contributed by atoms with van der Waals surface area (Å²) in [6.07, 6.45) is 2.54. The molecule has 1 N–H and O–H groups in total. The lowest BCUT2D eigenvalue weighted by molar-refractivity contribution is -0.0384. The lowest BCUT2D eigenvalue weighted by Crippen LogP contribution is -2.24. The topological polar surface area (TPSA) is 99.0 Å². The molecule has 0 spiro atoms. The van der Waals surface area contributed by atoms with Crippen molar-refractivity contribution in [2.75, 3.05) is 4.72 Å². The fourth-order valence-electron chi connectivity index (χ4n) is 3.41. The van der Waals surface area contributed by atoms with E-state index in [1.807, 2.05) is 6.07 Å². The summed E-state index contributed by atoms with van der Waals surface area (Å²) in [4.78, 5) is 8.43. The first-order valence-electron chi connectivity index (χ1n) is 9.71. The number of hydrogen-bond donors (Lipinski definition) is 1. The first-order chi connectivity index (χ1) is 14.7. The average molecular weight is 449 g/mol. The number of alkyl halides is 2. The van der Waals surface area contributed by atoms with Crippen molar-refractivity contribution in [1.82, 2.24) is 19.7 Å². The second-order valence-corrected chi connectivity index (χ2v) is 9.14. The van der Waals surface area contributed by atoms with Crippen LogP contribution in [0.25, 0.3) is 0 Å². The summed E-state index contributed by atoms with van der Waals surface area (Å²) in [7, 11) is -2.38. The molecule has 0 saturated heterocycles. The quantitative estimate of drug-likeness (QED) is 0.608. The molecule has 1 aromatic carbocycles. The standard InChI is InChI=1S/C20H21F2N5O3S/c1-27-13-16(12-23-27)31(28,29)26-19-24-17(14-7-9-20(21,22)10-8-14)11-18(25-19)30-15-5-3-2-4-6-15/h2-6,11-14H,7-10H2,1H3,(H,24,25,26). The third-order valence-electron chi connectivity index (χ3n) is 5.04. The molecule has 0 unspecified atom stereocenters. The number of hydrogen-bond acceptors (Lipinski definition) is 6. The Bertz CT molecular complexity index is 1160. The Morgan fingerprint density at radius 2 is 1.87 bits per heavy atom. The zero-order valence-electron chi connectivity index (χ0n) is 16.7. The summed E-state index contributed by atoms with van der Waals surface area (Å²) in [5.74, 6) is -2.50. The zero-order valence-corrected chi connectivity index (χ0v) is 17.5. The summed E-state index contributed by atoms with van der Waals surface area (Å²) in [5, 5.41) is 3.86. The number of aromatic nitrogens is 4. The van der Waals surface area contributed by atoms with Crippen LogP contribution in [-0.4, -0.2) is 34.1 Å². The van der Waals surface area contributed by atoms with Crippen LogP contribution < -0.4 is 9.46 Å². The monoisotopic (exact) mass is 449 g/mol. The lowest BCUT2D eigenvalue weighted by atomic mass is 9.84. The maximum atomic E-state index is 13.6. The summed E-state index contributed by atoms with van der Waals surface area (Å²) in [5.41, 5.74) is 0.459. The predicted molar refractivity (Wildman–Crippen MR) is 109 cm³/mol. The molecule has 0 radical (unpaired) electrons. The number of ether oxygens (including phenoxy) is 1. The van der Waals surface area contributed by atoms with Crippen molar-refractivity contribution in [3.63, 3.8) is 0 Å². The Hall–Kier alpha value is -3.08. The van der Waals surface area contributed by atoms with E-state index in [0.29, 0.717) is 11.4 Å². The van der Waals surface area contributed by atoms with Crippen molar-refractivity contribution in [1.29, 1.82) is 0 Å². The van der Waals surface area contributed by atoms with Crippen LogP contribution in [-0.2, 0) is 17.1 Å². The van der Waals surface area contributed by atoms with Gasteiger partial charge in [0.2, 0.25) is 17.8 Å². The molecule has 1 fully saturated rings. The van der Waals surface area contributed by atoms with Crippen LogP contribution in [0.2, 0.25) is 0 Å². The van der Waals surface area contributed by atoms with E-state index in [0.717, 1.165) is 0 Å². The zero-order chi connectivity index (χ0) is 22.1. The molecular weight excluding hydrogens is 428 g/mol. The van der Waals surface area contributed by atoms with Crippen LogP contribution in [0, 0.1) is 0 Å². The van der Waals surface area contributed by atoms with Crippen molar-refractivity contribution in [3.8, 4) is 11.6 Å². The fourth-order valence-corrected chi connectivity index (χ4v) is 4.34. The van der Waals surface area contributed by atoms with Crippen molar-refractivity contribution >= 4 is 16.0 Å². The van der Waals surface area contributed by atoms with Gasteiger partial charge in [0.1, 0.15) is 10.6 Å². The van der Waals surface area contributed by atoms with Crippen LogP contribution in [0.1, 0.15) is 37.3 Å². The predicted octanol–water partition coefficient (Wildman–Crippen LogP) is 4.10. The van der Waals surface area contributed by atoms with Gasteiger partial charge in [-0.25, -0.2) is 26.9 Å². The van der Waals surface area contributed by atoms with Gasteiger partial charge >= 0.3 is 0 Å². The molecule has 2 aromatic heterocycles. The van der Waals surface area contributed by atoms with E-state index >= 15 is 0 Å². The van der Waals surface area contributed by atoms with Gasteiger partial charge in [0, 0.05) is 38.1 Å². The molecule has 2 heterocycles. The molecule has 0 bridgehead atoms. The number of anilines is 1. The highest BCUT2D eigenvalue weighted by Crippen LogP contribution is 2.41. The van der Waals surface area contributed by atoms with E-state index in [1.54, 1.807) is 37.4 Å². The Morgan fingerprint density at radius 3 is 2.52 bits per heavy atom. The number of aryl methyl sites for hydroxylation is 1. The largest absolute Gasteiger partial charge is 0.439 e. The first kappa shape index (κ1) is 21.2. The minimum atomic E-state index is -3.98. The Labute approximate surface area is 178 Å². The maximum Gasteiger partial charge on any atom is 0.267 e. The highest BCUT2D eigenvalue weighted by Gasteiger charge is 2.36. The van der Waals surface area contributed by atoms with E-state index in [-0.39, 0.29) is 48.3 Å². The highest BCUT2D eigenvalue weighted by atomic mass is 32.2. The molecular formula is C20H21F2N5O3S. The van der Waals surface area contributed by atoms with Gasteiger partial charge in [-0.2, -0.15) is 10.1 Å². The minimum absolute atomic E-state index is 0.0492. The number of para-hydroxylation sites is 1. The fraction of sp³-hybridized carbons (Fsp3) is 0.350. The smallest absolute Gasteiger partial charge is 0.267 e. The molecule has 8 nitrogen and oxygen atoms in total. The summed E-state index contributed by atoms with van der Waals surface area (Å²) >= 11 is 0. The second-order valence-electron chi connectivity index (χ2n) is 7.46. The van der Waals surface area contributed by atoms with Gasteiger partial charge in [-0.05, 0) is 25.0 Å². The molecule has 1 aliphatic carbocycles. The van der Waals surface area contributed by atoms with Gasteiger partial charge in [0.25, 0.3) is 10.0 Å². The second kappa shape index (κ2) is 8.22. The summed E-state index contributed by atoms with van der Waals surface area (Å²) in [6, 6.07) is 10.4. The highest BCUT2D eigenvalue weighted by molar-refractivity contribution is 7.92. The van der Waals surface area contributed by atoms with Gasteiger partial charge in [-0.1, -0.05) is 18.2 Å². The van der Waals surface area contributed by atoms with E-state index in [9.17, 15) is 17.2 Å². The van der Waals surface area contributed by atoms with E-state index < -0.39 is 15.9 Å². The van der Waals surface area contributed by atoms with Gasteiger partial charge in [0.05, 0.1) is 11.9 Å². The van der Waals surface area contributed by atoms with Crippen molar-refractivity contribution in [2.45, 2.75) is 42.4 Å². The molecule has 0 amide bonds. The molecule has 0 aliphatic heterocycles. The van der Waals surface area contributed by atoms with Gasteiger partial charge in [-0.15, -0.1) is 0 Å². The number of benzene rings is 1. The van der Waals surface area contributed by atoms with Crippen LogP contribution >= 0.6 is 0 Å². The number of nitrogens with zero attached hydrogens (tertiary/aromatic N) is 4. The van der Waals surface area contributed by atoms with Crippen LogP contribution in [0.5, 0.6) is 11.6 Å². The third kappa shape index (κ3) is 5.16. The lowest BCUT2D eigenvalue weighted by Gasteiger charge is -2.28. The van der Waals surface area contributed by atoms with Crippen molar-refractivity contribution in [2.24, 2.45) is 7.05 Å². The Kier molecular flexibility index (Phi) is 5.61. The molecule has 11 heteroatoms. The molecule has 1 saturated carbocycles. The van der Waals surface area contributed by atoms with Gasteiger partial charge in [0.15, 0.2) is 0 Å². The summed E-state index contributed by atoms with van der Waals surface area (Å²) in [6.45, 7) is 0. The first-order valence-corrected chi connectivity index (χ1v) is 11.2. The van der Waals surface area contributed by atoms with Crippen LogP contribution in [0.4, 0.5) is 14.7 Å². The van der Waals surface area contributed by atoms with E-state index in [4.69, 9.17) is 4.74 Å². The third-order valence-corrected chi connectivity index (χ3v) is 6.32. The van der Waals surface area contributed by atoms with E-state index in [2.05, 4.69) is 19.8 Å². The van der Waals surface area contributed by atoms with Crippen LogP contribution in [0.15, 0.2) is 53.7 Å². The molecule has 4 rings (SSSR count). The molecule has 1 aliphatic rings. The normalized spacial score (nSPS) is 16.7. The molecule has 0 atom stereocenters. The number of rotatable bonds is 6. The number of nitrogens with one attached hydrogen (secondary N) is 1. The minimum Gasteiger partial charge on any atom is -0.439 e. The maximum absolute atomic E-state index is 13.6. The van der Waals surface area contributed by atoms with Crippen molar-refractivity contribution < 1.29 is 21.9 Å². The Balaban J connectivity index is 1.65. The van der Waals surface area contributed by atoms with Gasteiger partial charge < -0.3 is 4.74 Å². The van der Waals surface area contributed by atoms with Crippen molar-refractivity contribution in [3.05, 3.63) is 54.5 Å². The molecule has 31 heavy (non-hydrogen) atoms. The van der Waals surface area contributed by atoms with Crippen LogP contribution in [0.3, 0.4) is 0 Å². The Morgan fingerprint density at radius 1 is 1.16 bits per heavy atom. The SMILES string of the molecule is Cn1cc(S(=O)(=O)Nc2nc(Oc3ccccc3)cc(C3CCC(F)(F)CC3)n2)cn1. The van der Waals surface area contributed by atoms with E-state index in [1.165, 1.54) is 17.1 Å². The van der Waals surface area contributed by atoms with Gasteiger partial charge in [-0.3, -0.25) is 4.68 Å². The summed E-state index contributed by atoms with van der Waals surface area (Å²) < 4.78 is 62.0. The number of sulfonamides is 1. The average Bonchev–Trinajstić information content (AvgIpc) is 3.16. The number of halogens is 2. The molecule has 164 valence electrons.